The molecule has 1 fully saturated rings. The number of nitrogens with one attached hydrogen (secondary N) is 1. The van der Waals surface area contributed by atoms with Gasteiger partial charge in [-0.25, -0.2) is 0 Å². The Hall–Kier alpha value is -2.20. The van der Waals surface area contributed by atoms with Crippen LogP contribution in [0.1, 0.15) is 29.6 Å². The minimum Gasteiger partial charge on any atom is -0.339 e. The largest absolute Gasteiger partial charge is 0.339 e. The van der Waals surface area contributed by atoms with Crippen LogP contribution in [-0.4, -0.2) is 42.5 Å². The molecule has 126 valence electrons. The van der Waals surface area contributed by atoms with Crippen LogP contribution in [0.4, 0.5) is 0 Å². The summed E-state index contributed by atoms with van der Waals surface area (Å²) in [6.45, 7) is 2.76. The minimum atomic E-state index is 0.104. The van der Waals surface area contributed by atoms with Crippen molar-refractivity contribution in [3.63, 3.8) is 0 Å². The second-order valence-corrected chi connectivity index (χ2v) is 6.46. The van der Waals surface area contributed by atoms with Crippen LogP contribution >= 0.6 is 0 Å². The Kier molecular flexibility index (Phi) is 5.59. The average molecular weight is 323 g/mol. The number of piperidine rings is 1. The number of hydrogen-bond acceptors (Lipinski definition) is 3. The summed E-state index contributed by atoms with van der Waals surface area (Å²) in [6.07, 6.45) is 6.89. The molecule has 0 aliphatic carbocycles. The molecule has 0 unspecified atom stereocenters. The number of likely N-dealkylation sites (tertiary alicyclic amines) is 1. The number of benzene rings is 1. The molecular weight excluding hydrogens is 298 g/mol. The van der Waals surface area contributed by atoms with Crippen LogP contribution < -0.4 is 5.32 Å². The molecule has 2 aromatic rings. The van der Waals surface area contributed by atoms with Crippen molar-refractivity contribution in [3.8, 4) is 11.1 Å². The molecule has 0 radical (unpaired) electrons. The Morgan fingerprint density at radius 1 is 1.17 bits per heavy atom. The van der Waals surface area contributed by atoms with E-state index in [9.17, 15) is 4.79 Å². The number of amides is 1. The average Bonchev–Trinajstić information content (AvgIpc) is 2.67. The highest BCUT2D eigenvalue weighted by Gasteiger charge is 2.23. The Balaban J connectivity index is 1.66. The molecule has 1 amide bonds. The predicted octanol–water partition coefficient (Wildman–Crippen LogP) is 3.21. The molecule has 1 saturated heterocycles. The Labute approximate surface area is 143 Å². The molecule has 1 aromatic carbocycles. The summed E-state index contributed by atoms with van der Waals surface area (Å²) in [7, 11) is 1.99. The molecule has 24 heavy (non-hydrogen) atoms. The van der Waals surface area contributed by atoms with Crippen molar-refractivity contribution in [2.75, 3.05) is 26.7 Å². The van der Waals surface area contributed by atoms with E-state index < -0.39 is 0 Å². The predicted molar refractivity (Wildman–Crippen MR) is 96.8 cm³/mol. The third-order valence-corrected chi connectivity index (χ3v) is 4.80. The second kappa shape index (κ2) is 8.06. The molecule has 4 nitrogen and oxygen atoms in total. The number of rotatable bonds is 5. The summed E-state index contributed by atoms with van der Waals surface area (Å²) >= 11 is 0. The van der Waals surface area contributed by atoms with Crippen molar-refractivity contribution in [2.45, 2.75) is 19.3 Å². The fourth-order valence-electron chi connectivity index (χ4n) is 3.30. The molecule has 1 aliphatic heterocycles. The van der Waals surface area contributed by atoms with Crippen molar-refractivity contribution < 1.29 is 4.79 Å². The fraction of sp³-hybridized carbons (Fsp3) is 0.400. The van der Waals surface area contributed by atoms with E-state index in [1.807, 2.05) is 54.5 Å². The highest BCUT2D eigenvalue weighted by Crippen LogP contribution is 2.23. The van der Waals surface area contributed by atoms with Gasteiger partial charge in [0.05, 0.1) is 5.56 Å². The number of aromatic nitrogens is 1. The molecule has 1 aromatic heterocycles. The van der Waals surface area contributed by atoms with Crippen molar-refractivity contribution in [2.24, 2.45) is 5.92 Å². The van der Waals surface area contributed by atoms with Crippen LogP contribution in [0.15, 0.2) is 48.8 Å². The third-order valence-electron chi connectivity index (χ3n) is 4.80. The van der Waals surface area contributed by atoms with Gasteiger partial charge in [-0.05, 0) is 50.4 Å². The summed E-state index contributed by atoms with van der Waals surface area (Å²) < 4.78 is 0. The number of carbonyl (C=O) groups excluding carboxylic acids is 1. The molecule has 4 heteroatoms. The second-order valence-electron chi connectivity index (χ2n) is 6.46. The minimum absolute atomic E-state index is 0.104. The first-order valence-electron chi connectivity index (χ1n) is 8.72. The van der Waals surface area contributed by atoms with Gasteiger partial charge in [0, 0.05) is 31.0 Å². The first kappa shape index (κ1) is 16.7. The van der Waals surface area contributed by atoms with Crippen LogP contribution in [0.25, 0.3) is 11.1 Å². The van der Waals surface area contributed by atoms with Crippen LogP contribution in [0.5, 0.6) is 0 Å². The molecular formula is C20H25N3O. The molecule has 0 spiro atoms. The van der Waals surface area contributed by atoms with E-state index in [0.717, 1.165) is 49.5 Å². The van der Waals surface area contributed by atoms with Gasteiger partial charge in [-0.1, -0.05) is 30.3 Å². The summed E-state index contributed by atoms with van der Waals surface area (Å²) in [5.74, 6) is 0.836. The summed E-state index contributed by atoms with van der Waals surface area (Å²) in [5, 5.41) is 3.21. The van der Waals surface area contributed by atoms with Crippen LogP contribution in [-0.2, 0) is 0 Å². The van der Waals surface area contributed by atoms with Gasteiger partial charge < -0.3 is 10.2 Å². The van der Waals surface area contributed by atoms with Crippen LogP contribution in [0.2, 0.25) is 0 Å². The smallest absolute Gasteiger partial charge is 0.255 e. The van der Waals surface area contributed by atoms with E-state index in [2.05, 4.69) is 10.3 Å². The van der Waals surface area contributed by atoms with Crippen LogP contribution in [0, 0.1) is 5.92 Å². The molecule has 0 saturated carbocycles. The number of pyridine rings is 1. The van der Waals surface area contributed by atoms with E-state index in [1.165, 1.54) is 6.42 Å². The zero-order valence-electron chi connectivity index (χ0n) is 14.2. The van der Waals surface area contributed by atoms with Gasteiger partial charge in [0.2, 0.25) is 0 Å². The number of nitrogens with zero attached hydrogens (tertiary/aromatic N) is 2. The maximum Gasteiger partial charge on any atom is 0.255 e. The van der Waals surface area contributed by atoms with Gasteiger partial charge in [0.1, 0.15) is 0 Å². The van der Waals surface area contributed by atoms with Crippen molar-refractivity contribution in [1.82, 2.24) is 15.2 Å². The Morgan fingerprint density at radius 3 is 2.62 bits per heavy atom. The molecule has 2 heterocycles. The van der Waals surface area contributed by atoms with E-state index in [1.54, 1.807) is 6.20 Å². The topological polar surface area (TPSA) is 45.2 Å². The highest BCUT2D eigenvalue weighted by molar-refractivity contribution is 5.95. The molecule has 1 N–H and O–H groups in total. The quantitative estimate of drug-likeness (QED) is 0.919. The molecule has 1 aliphatic rings. The highest BCUT2D eigenvalue weighted by atomic mass is 16.2. The van der Waals surface area contributed by atoms with Gasteiger partial charge in [-0.2, -0.15) is 0 Å². The first-order valence-corrected chi connectivity index (χ1v) is 8.72. The summed E-state index contributed by atoms with van der Waals surface area (Å²) in [4.78, 5) is 19.0. The van der Waals surface area contributed by atoms with Gasteiger partial charge in [-0.15, -0.1) is 0 Å². The molecule has 0 bridgehead atoms. The Morgan fingerprint density at radius 2 is 1.92 bits per heavy atom. The lowest BCUT2D eigenvalue weighted by molar-refractivity contribution is 0.0687. The van der Waals surface area contributed by atoms with E-state index in [0.29, 0.717) is 5.56 Å². The van der Waals surface area contributed by atoms with Crippen molar-refractivity contribution in [3.05, 3.63) is 54.4 Å². The lowest BCUT2D eigenvalue weighted by Gasteiger charge is -2.32. The van der Waals surface area contributed by atoms with Gasteiger partial charge in [0.15, 0.2) is 0 Å². The lowest BCUT2D eigenvalue weighted by atomic mass is 9.93. The fourth-order valence-corrected chi connectivity index (χ4v) is 3.30. The third kappa shape index (κ3) is 4.01. The maximum absolute atomic E-state index is 12.8. The normalized spacial score (nSPS) is 15.5. The standard InChI is InChI=1S/C20H25N3O/c1-21-10-7-16-8-11-23(12-9-16)20(24)19-13-18(14-22-15-19)17-5-3-2-4-6-17/h2-6,13-16,21H,7-12H2,1H3. The maximum atomic E-state index is 12.8. The van der Waals surface area contributed by atoms with Gasteiger partial charge in [-0.3, -0.25) is 9.78 Å². The zero-order chi connectivity index (χ0) is 16.8. The molecule has 3 rings (SSSR count). The first-order chi connectivity index (χ1) is 11.8. The molecule has 0 atom stereocenters. The van der Waals surface area contributed by atoms with Crippen LogP contribution in [0.3, 0.4) is 0 Å². The number of carbonyl (C=O) groups is 1. The van der Waals surface area contributed by atoms with Crippen molar-refractivity contribution >= 4 is 5.91 Å². The summed E-state index contributed by atoms with van der Waals surface area (Å²) in [6, 6.07) is 12.0. The monoisotopic (exact) mass is 323 g/mol. The SMILES string of the molecule is CNCCC1CCN(C(=O)c2cncc(-c3ccccc3)c2)CC1. The van der Waals surface area contributed by atoms with Gasteiger partial charge >= 0.3 is 0 Å². The van der Waals surface area contributed by atoms with E-state index >= 15 is 0 Å². The Bertz CT molecular complexity index is 664. The van der Waals surface area contributed by atoms with Crippen molar-refractivity contribution in [1.29, 1.82) is 0 Å². The number of hydrogen-bond donors (Lipinski definition) is 1. The van der Waals surface area contributed by atoms with Gasteiger partial charge in [0.25, 0.3) is 5.91 Å². The van der Waals surface area contributed by atoms with E-state index in [4.69, 9.17) is 0 Å². The van der Waals surface area contributed by atoms with E-state index in [-0.39, 0.29) is 5.91 Å². The summed E-state index contributed by atoms with van der Waals surface area (Å²) in [5.41, 5.74) is 2.76. The lowest BCUT2D eigenvalue weighted by Crippen LogP contribution is -2.39. The zero-order valence-corrected chi connectivity index (χ0v) is 14.2.